The topological polar surface area (TPSA) is 0 Å². The molecule has 0 bridgehead atoms. The molecule has 0 fully saturated rings. The number of rotatable bonds is 0. The van der Waals surface area contributed by atoms with Crippen molar-refractivity contribution in [1.29, 1.82) is 0 Å². The maximum atomic E-state index is 6.69. The molecule has 0 N–H and O–H groups in total. The summed E-state index contributed by atoms with van der Waals surface area (Å²) in [4.78, 5) is 0. The van der Waals surface area contributed by atoms with Gasteiger partial charge in [-0.1, -0.05) is 36.4 Å². The van der Waals surface area contributed by atoms with Crippen molar-refractivity contribution in [3.05, 3.63) is 84.6 Å². The van der Waals surface area contributed by atoms with Gasteiger partial charge in [0.05, 0.1) is 0 Å². The van der Waals surface area contributed by atoms with Gasteiger partial charge in [0.2, 0.25) is 0 Å². The van der Waals surface area contributed by atoms with Gasteiger partial charge in [-0.05, 0) is 0 Å². The van der Waals surface area contributed by atoms with Crippen molar-refractivity contribution in [3.63, 3.8) is 0 Å². The van der Waals surface area contributed by atoms with Gasteiger partial charge in [-0.15, -0.1) is 35.4 Å². The van der Waals surface area contributed by atoms with Crippen molar-refractivity contribution in [3.8, 4) is 11.8 Å². The summed E-state index contributed by atoms with van der Waals surface area (Å²) < 4.78 is 0. The maximum absolute atomic E-state index is 6.69. The van der Waals surface area contributed by atoms with Crippen LogP contribution in [0.2, 0.25) is 0 Å². The number of benzene rings is 2. The first-order chi connectivity index (χ1) is 7.86. The third-order valence-electron chi connectivity index (χ3n) is 1.84. The van der Waals surface area contributed by atoms with Gasteiger partial charge in [-0.3, -0.25) is 11.8 Å². The maximum Gasteiger partial charge on any atom is 2.00 e. The summed E-state index contributed by atoms with van der Waals surface area (Å²) in [5.74, 6) is 4.55. The quantitative estimate of drug-likeness (QED) is 0.473. The Morgan fingerprint density at radius 3 is 1.06 bits per heavy atom. The van der Waals surface area contributed by atoms with E-state index in [-0.39, 0.29) is 21.1 Å². The Kier molecular flexibility index (Phi) is 8.50. The van der Waals surface area contributed by atoms with E-state index < -0.39 is 0 Å². The van der Waals surface area contributed by atoms with Crippen LogP contribution in [-0.4, -0.2) is 0 Å². The van der Waals surface area contributed by atoms with Gasteiger partial charge in [0.25, 0.3) is 0 Å². The SMILES string of the molecule is [C-]#Cc1ccccc1.[C-]#Cc1ccccc1.[Pt+2]. The van der Waals surface area contributed by atoms with Crippen molar-refractivity contribution in [1.82, 2.24) is 0 Å². The van der Waals surface area contributed by atoms with Crippen LogP contribution in [0.5, 0.6) is 0 Å². The van der Waals surface area contributed by atoms with E-state index >= 15 is 0 Å². The molecule has 84 valence electrons. The first-order valence-corrected chi connectivity index (χ1v) is 4.82. The summed E-state index contributed by atoms with van der Waals surface area (Å²) in [5.41, 5.74) is 1.65. The smallest absolute Gasteiger partial charge is 0.366 e. The fourth-order valence-electron chi connectivity index (χ4n) is 1.04. The van der Waals surface area contributed by atoms with E-state index in [1.165, 1.54) is 0 Å². The molecular weight excluding hydrogens is 387 g/mol. The fraction of sp³-hybridized carbons (Fsp3) is 0. The molecule has 0 heterocycles. The van der Waals surface area contributed by atoms with Crippen molar-refractivity contribution in [2.24, 2.45) is 0 Å². The summed E-state index contributed by atoms with van der Waals surface area (Å²) in [6.07, 6.45) is 13.4. The molecule has 2 aromatic rings. The predicted octanol–water partition coefficient (Wildman–Crippen LogP) is 3.25. The normalized spacial score (nSPS) is 7.41. The molecule has 0 nitrogen and oxygen atoms in total. The largest absolute Gasteiger partial charge is 2.00 e. The molecule has 2 aromatic carbocycles. The van der Waals surface area contributed by atoms with Crippen LogP contribution in [0.4, 0.5) is 0 Å². The van der Waals surface area contributed by atoms with E-state index in [1.54, 1.807) is 0 Å². The molecular formula is C16H10Pt. The second-order valence-electron chi connectivity index (χ2n) is 2.98. The Morgan fingerprint density at radius 1 is 0.588 bits per heavy atom. The van der Waals surface area contributed by atoms with Crippen LogP contribution in [0, 0.1) is 24.7 Å². The Bertz CT molecular complexity index is 437. The minimum absolute atomic E-state index is 0. The zero-order valence-corrected chi connectivity index (χ0v) is 11.4. The predicted molar refractivity (Wildman–Crippen MR) is 65.4 cm³/mol. The Labute approximate surface area is 117 Å². The van der Waals surface area contributed by atoms with E-state index in [1.807, 2.05) is 60.7 Å². The minimum Gasteiger partial charge on any atom is -0.366 e. The Morgan fingerprint density at radius 2 is 0.882 bits per heavy atom. The molecule has 0 aliphatic heterocycles. The first-order valence-electron chi connectivity index (χ1n) is 4.82. The van der Waals surface area contributed by atoms with Crippen molar-refractivity contribution in [2.45, 2.75) is 0 Å². The Hall–Kier alpha value is -1.75. The number of hydrogen-bond acceptors (Lipinski definition) is 0. The summed E-state index contributed by atoms with van der Waals surface area (Å²) in [7, 11) is 0. The van der Waals surface area contributed by atoms with E-state index in [0.717, 1.165) is 11.1 Å². The standard InChI is InChI=1S/2C8H5.Pt/c2*1-2-8-6-4-3-5-7-8;/h2*3-7H;/q2*-1;+2. The van der Waals surface area contributed by atoms with Crippen molar-refractivity contribution < 1.29 is 21.1 Å². The van der Waals surface area contributed by atoms with Gasteiger partial charge >= 0.3 is 21.1 Å². The van der Waals surface area contributed by atoms with E-state index in [4.69, 9.17) is 12.8 Å². The molecule has 17 heavy (non-hydrogen) atoms. The van der Waals surface area contributed by atoms with Gasteiger partial charge < -0.3 is 12.8 Å². The third kappa shape index (κ3) is 6.42. The number of hydrogen-bond donors (Lipinski definition) is 0. The Balaban J connectivity index is 0.000000284. The first kappa shape index (κ1) is 15.2. The molecule has 0 aliphatic rings. The molecule has 0 aliphatic carbocycles. The molecule has 1 heteroatoms. The zero-order chi connectivity index (χ0) is 11.6. The second kappa shape index (κ2) is 9.47. The van der Waals surface area contributed by atoms with E-state index in [9.17, 15) is 0 Å². The van der Waals surface area contributed by atoms with Gasteiger partial charge in [0, 0.05) is 0 Å². The van der Waals surface area contributed by atoms with Crippen LogP contribution in [0.25, 0.3) is 0 Å². The van der Waals surface area contributed by atoms with Crippen molar-refractivity contribution >= 4 is 0 Å². The molecule has 2 rings (SSSR count). The van der Waals surface area contributed by atoms with Crippen molar-refractivity contribution in [2.75, 3.05) is 0 Å². The second-order valence-corrected chi connectivity index (χ2v) is 2.98. The monoisotopic (exact) mass is 397 g/mol. The van der Waals surface area contributed by atoms with Gasteiger partial charge in [-0.2, -0.15) is 0 Å². The van der Waals surface area contributed by atoms with E-state index in [0.29, 0.717) is 0 Å². The fourth-order valence-corrected chi connectivity index (χ4v) is 1.04. The average Bonchev–Trinajstić information content (AvgIpc) is 2.41. The molecule has 0 atom stereocenters. The molecule has 0 saturated heterocycles. The summed E-state index contributed by atoms with van der Waals surface area (Å²) in [6.45, 7) is 0. The molecule has 0 radical (unpaired) electrons. The molecule has 0 unspecified atom stereocenters. The summed E-state index contributed by atoms with van der Waals surface area (Å²) in [6, 6.07) is 18.7. The van der Waals surface area contributed by atoms with E-state index in [2.05, 4.69) is 11.8 Å². The van der Waals surface area contributed by atoms with Crippen LogP contribution in [-0.2, 0) is 21.1 Å². The van der Waals surface area contributed by atoms with Crippen LogP contribution in [0.15, 0.2) is 60.7 Å². The molecule has 0 amide bonds. The van der Waals surface area contributed by atoms with Gasteiger partial charge in [-0.25, -0.2) is 0 Å². The molecule has 0 spiro atoms. The van der Waals surface area contributed by atoms with Gasteiger partial charge in [0.1, 0.15) is 0 Å². The zero-order valence-electron chi connectivity index (χ0n) is 9.09. The summed E-state index contributed by atoms with van der Waals surface area (Å²) in [5, 5.41) is 0. The van der Waals surface area contributed by atoms with Gasteiger partial charge in [0.15, 0.2) is 0 Å². The van der Waals surface area contributed by atoms with Crippen LogP contribution >= 0.6 is 0 Å². The van der Waals surface area contributed by atoms with Crippen LogP contribution in [0.3, 0.4) is 0 Å². The van der Waals surface area contributed by atoms with Crippen LogP contribution in [0.1, 0.15) is 11.1 Å². The third-order valence-corrected chi connectivity index (χ3v) is 1.84. The molecule has 0 saturated carbocycles. The average molecular weight is 397 g/mol. The van der Waals surface area contributed by atoms with Crippen LogP contribution < -0.4 is 0 Å². The minimum atomic E-state index is 0. The molecule has 0 aromatic heterocycles. The summed E-state index contributed by atoms with van der Waals surface area (Å²) >= 11 is 0.